The molecule has 1 fully saturated rings. The van der Waals surface area contributed by atoms with Crippen LogP contribution < -0.4 is 14.8 Å². The number of methoxy groups -OCH3 is 1. The molecule has 1 spiro atoms. The van der Waals surface area contributed by atoms with Crippen LogP contribution in [0.1, 0.15) is 44.2 Å². The van der Waals surface area contributed by atoms with E-state index in [0.29, 0.717) is 30.9 Å². The first kappa shape index (κ1) is 28.8. The summed E-state index contributed by atoms with van der Waals surface area (Å²) in [5.41, 5.74) is -0.242. The summed E-state index contributed by atoms with van der Waals surface area (Å²) in [6.07, 6.45) is -2.03. The van der Waals surface area contributed by atoms with Crippen LogP contribution in [0, 0.1) is 0 Å². The summed E-state index contributed by atoms with van der Waals surface area (Å²) in [4.78, 5) is 50.3. The van der Waals surface area contributed by atoms with Crippen LogP contribution in [0.5, 0.6) is 11.5 Å². The fraction of sp³-hybridized carbons (Fsp3) is 0.571. The molecule has 2 heterocycles. The topological polar surface area (TPSA) is 181 Å². The number of benzene rings is 1. The van der Waals surface area contributed by atoms with Gasteiger partial charge in [0.05, 0.1) is 24.5 Å². The summed E-state index contributed by atoms with van der Waals surface area (Å²) >= 11 is 0. The molecule has 2 aliphatic heterocycles. The number of aliphatic carboxylic acids is 1. The van der Waals surface area contributed by atoms with Crippen molar-refractivity contribution in [3.05, 3.63) is 35.1 Å². The van der Waals surface area contributed by atoms with Crippen molar-refractivity contribution in [1.29, 1.82) is 0 Å². The van der Waals surface area contributed by atoms with Crippen LogP contribution in [-0.2, 0) is 40.5 Å². The Morgan fingerprint density at radius 1 is 1.24 bits per heavy atom. The lowest BCUT2D eigenvalue weighted by Crippen LogP contribution is -2.74. The highest BCUT2D eigenvalue weighted by atomic mass is 16.6. The molecule has 4 N–H and O–H groups in total. The van der Waals surface area contributed by atoms with Crippen molar-refractivity contribution in [1.82, 2.24) is 10.2 Å². The van der Waals surface area contributed by atoms with Gasteiger partial charge in [-0.05, 0) is 58.0 Å². The number of aliphatic hydroxyl groups excluding tert-OH is 1. The molecular weight excluding hydrogens is 540 g/mol. The summed E-state index contributed by atoms with van der Waals surface area (Å²) in [7, 11) is 3.50. The maximum Gasteiger partial charge on any atom is 0.340 e. The van der Waals surface area contributed by atoms with E-state index in [9.17, 15) is 29.4 Å². The molecule has 2 bridgehead atoms. The van der Waals surface area contributed by atoms with Gasteiger partial charge >= 0.3 is 17.9 Å². The van der Waals surface area contributed by atoms with Gasteiger partial charge in [-0.15, -0.1) is 0 Å². The average Bonchev–Trinajstić information content (AvgIpc) is 3.27. The number of esters is 2. The van der Waals surface area contributed by atoms with Crippen molar-refractivity contribution >= 4 is 23.8 Å². The van der Waals surface area contributed by atoms with E-state index in [1.807, 2.05) is 19.2 Å². The number of carbonyl (C=O) groups excluding carboxylic acids is 3. The predicted octanol–water partition coefficient (Wildman–Crippen LogP) is -0.212. The Bertz CT molecular complexity index is 1330. The zero-order valence-corrected chi connectivity index (χ0v) is 23.2. The number of likely N-dealkylation sites (N-methyl/N-ethyl adjacent to an activating group) is 1. The second kappa shape index (κ2) is 10.3. The van der Waals surface area contributed by atoms with Crippen molar-refractivity contribution in [3.63, 3.8) is 0 Å². The molecule has 1 amide bonds. The maximum atomic E-state index is 12.9. The number of ether oxygens (including phenoxy) is 4. The summed E-state index contributed by atoms with van der Waals surface area (Å²) in [6.45, 7) is 3.16. The molecule has 222 valence electrons. The van der Waals surface area contributed by atoms with Gasteiger partial charge in [0.15, 0.2) is 29.8 Å². The minimum absolute atomic E-state index is 0.122. The number of likely N-dealkylation sites (tertiary alicyclic amines) is 1. The zero-order chi connectivity index (χ0) is 29.9. The van der Waals surface area contributed by atoms with Gasteiger partial charge in [0, 0.05) is 18.0 Å². The van der Waals surface area contributed by atoms with Crippen LogP contribution >= 0.6 is 0 Å². The van der Waals surface area contributed by atoms with Gasteiger partial charge in [-0.25, -0.2) is 4.79 Å². The fourth-order valence-corrected chi connectivity index (χ4v) is 6.70. The SMILES string of the molecule is COc1ccc2c3c1O[C@H]1C(OC(=O)[C@@H](O)CC(=O)O[C@@H](C)C(=O)N[C@@H](C)C(=O)O)=CC[C@@]4(O)[C@H](C2)N(C)CC[C@]314. The van der Waals surface area contributed by atoms with Crippen LogP contribution in [-0.4, -0.2) is 101 Å². The monoisotopic (exact) mass is 574 g/mol. The zero-order valence-electron chi connectivity index (χ0n) is 23.2. The molecular formula is C28H34N2O11. The highest BCUT2D eigenvalue weighted by molar-refractivity contribution is 5.88. The van der Waals surface area contributed by atoms with Gasteiger partial charge in [0.2, 0.25) is 0 Å². The summed E-state index contributed by atoms with van der Waals surface area (Å²) in [6, 6.07) is 2.39. The number of nitrogens with one attached hydrogen (secondary N) is 1. The van der Waals surface area contributed by atoms with E-state index in [2.05, 4.69) is 10.2 Å². The summed E-state index contributed by atoms with van der Waals surface area (Å²) in [5.74, 6) is -3.18. The first-order valence-corrected chi connectivity index (χ1v) is 13.5. The molecule has 2 aliphatic carbocycles. The van der Waals surface area contributed by atoms with E-state index >= 15 is 0 Å². The van der Waals surface area contributed by atoms with E-state index in [-0.39, 0.29) is 18.2 Å². The number of hydrogen-bond donors (Lipinski definition) is 4. The summed E-state index contributed by atoms with van der Waals surface area (Å²) in [5, 5.41) is 33.7. The van der Waals surface area contributed by atoms with Gasteiger partial charge in [-0.2, -0.15) is 0 Å². The number of carboxylic acid groups (broad SMARTS) is 1. The third kappa shape index (κ3) is 4.43. The van der Waals surface area contributed by atoms with E-state index in [4.69, 9.17) is 24.1 Å². The molecule has 0 saturated carbocycles. The molecule has 5 rings (SSSR count). The third-order valence-electron chi connectivity index (χ3n) is 8.82. The van der Waals surface area contributed by atoms with E-state index in [1.165, 1.54) is 21.0 Å². The maximum absolute atomic E-state index is 12.9. The predicted molar refractivity (Wildman–Crippen MR) is 139 cm³/mol. The van der Waals surface area contributed by atoms with Gasteiger partial charge in [0.25, 0.3) is 5.91 Å². The van der Waals surface area contributed by atoms with Gasteiger partial charge in [0.1, 0.15) is 11.8 Å². The number of aliphatic hydroxyl groups is 2. The Hall–Kier alpha value is -3.68. The van der Waals surface area contributed by atoms with Crippen molar-refractivity contribution in [2.75, 3.05) is 20.7 Å². The Balaban J connectivity index is 1.32. The normalized spacial score (nSPS) is 29.6. The highest BCUT2D eigenvalue weighted by Gasteiger charge is 2.72. The Morgan fingerprint density at radius 3 is 2.66 bits per heavy atom. The Morgan fingerprint density at radius 2 is 1.98 bits per heavy atom. The Kier molecular flexibility index (Phi) is 7.24. The van der Waals surface area contributed by atoms with Crippen LogP contribution in [0.15, 0.2) is 24.0 Å². The number of piperidine rings is 1. The van der Waals surface area contributed by atoms with Crippen molar-refractivity contribution < 1.29 is 53.4 Å². The second-order valence-corrected chi connectivity index (χ2v) is 11.1. The minimum atomic E-state index is -1.92. The van der Waals surface area contributed by atoms with Crippen molar-refractivity contribution in [2.45, 2.75) is 80.9 Å². The lowest BCUT2D eigenvalue weighted by atomic mass is 9.50. The smallest absolute Gasteiger partial charge is 0.340 e. The first-order valence-electron chi connectivity index (χ1n) is 13.5. The Labute approximate surface area is 236 Å². The van der Waals surface area contributed by atoms with E-state index in [1.54, 1.807) is 6.08 Å². The number of hydrogen-bond acceptors (Lipinski definition) is 11. The van der Waals surface area contributed by atoms with Crippen LogP contribution in [0.3, 0.4) is 0 Å². The molecule has 41 heavy (non-hydrogen) atoms. The molecule has 4 aliphatic rings. The van der Waals surface area contributed by atoms with Gasteiger partial charge < -0.3 is 44.5 Å². The number of carbonyl (C=O) groups is 4. The fourth-order valence-electron chi connectivity index (χ4n) is 6.70. The number of nitrogens with zero attached hydrogens (tertiary/aromatic N) is 1. The van der Waals surface area contributed by atoms with Gasteiger partial charge in [-0.3, -0.25) is 14.4 Å². The molecule has 0 aromatic heterocycles. The molecule has 13 heteroatoms. The first-order chi connectivity index (χ1) is 19.3. The molecule has 1 aromatic rings. The number of rotatable bonds is 9. The standard InChI is InChI=1S/C28H34N2O11/c1-13(25(34)35)29-24(33)14(2)39-20(32)12-16(31)26(36)40-18-7-8-28(37)19-11-15-5-6-17(38-4)22-21(15)27(28,23(18)41-22)9-10-30(19)3/h5-7,13-14,16,19,23,31,37H,8-12H2,1-4H3,(H,29,33)(H,34,35)/t13-,14-,16-,19-,23-,27-,28+/m0/s1. The summed E-state index contributed by atoms with van der Waals surface area (Å²) < 4.78 is 22.5. The van der Waals surface area contributed by atoms with Crippen LogP contribution in [0.25, 0.3) is 0 Å². The lowest BCUT2D eigenvalue weighted by Gasteiger charge is -2.61. The second-order valence-electron chi connectivity index (χ2n) is 11.1. The van der Waals surface area contributed by atoms with Crippen molar-refractivity contribution in [2.24, 2.45) is 0 Å². The minimum Gasteiger partial charge on any atom is -0.493 e. The molecule has 0 unspecified atom stereocenters. The largest absolute Gasteiger partial charge is 0.493 e. The van der Waals surface area contributed by atoms with Crippen LogP contribution in [0.2, 0.25) is 0 Å². The van der Waals surface area contributed by atoms with E-state index in [0.717, 1.165) is 11.1 Å². The lowest BCUT2D eigenvalue weighted by molar-refractivity contribution is -0.173. The number of amides is 1. The molecule has 7 atom stereocenters. The molecule has 0 radical (unpaired) electrons. The third-order valence-corrected chi connectivity index (χ3v) is 8.82. The highest BCUT2D eigenvalue weighted by Crippen LogP contribution is 2.65. The average molecular weight is 575 g/mol. The molecule has 13 nitrogen and oxygen atoms in total. The number of carboxylic acids is 1. The quantitative estimate of drug-likeness (QED) is 0.285. The van der Waals surface area contributed by atoms with Gasteiger partial charge in [-0.1, -0.05) is 6.07 Å². The molecule has 1 aromatic carbocycles. The van der Waals surface area contributed by atoms with Crippen LogP contribution in [0.4, 0.5) is 0 Å². The molecule has 1 saturated heterocycles. The van der Waals surface area contributed by atoms with E-state index < -0.39 is 65.6 Å². The van der Waals surface area contributed by atoms with Crippen molar-refractivity contribution in [3.8, 4) is 11.5 Å².